The number of nitrogens with one attached hydrogen (secondary N) is 1. The van der Waals surface area contributed by atoms with Crippen LogP contribution in [0.5, 0.6) is 11.5 Å². The number of methoxy groups -OCH3 is 1. The van der Waals surface area contributed by atoms with Crippen molar-refractivity contribution in [2.75, 3.05) is 24.8 Å². The zero-order valence-corrected chi connectivity index (χ0v) is 20.9. The summed E-state index contributed by atoms with van der Waals surface area (Å²) in [6, 6.07) is 23.0. The van der Waals surface area contributed by atoms with E-state index in [2.05, 4.69) is 11.4 Å². The average molecular weight is 502 g/mol. The summed E-state index contributed by atoms with van der Waals surface area (Å²) in [5, 5.41) is 15.4. The van der Waals surface area contributed by atoms with Crippen molar-refractivity contribution >= 4 is 34.7 Å². The monoisotopic (exact) mass is 501 g/mol. The Morgan fingerprint density at radius 3 is 2.63 bits per heavy atom. The van der Waals surface area contributed by atoms with Crippen molar-refractivity contribution in [2.45, 2.75) is 11.9 Å². The molecule has 0 aliphatic carbocycles. The van der Waals surface area contributed by atoms with Crippen molar-refractivity contribution in [1.29, 1.82) is 5.26 Å². The topological polar surface area (TPSA) is 84.2 Å². The number of rotatable bonds is 9. The fourth-order valence-corrected chi connectivity index (χ4v) is 4.98. The lowest BCUT2D eigenvalue weighted by molar-refractivity contribution is -0.113. The Hall–Kier alpha value is -3.80. The van der Waals surface area contributed by atoms with Crippen molar-refractivity contribution in [1.82, 2.24) is 4.98 Å². The lowest BCUT2D eigenvalue weighted by atomic mass is 10.0. The SMILES string of the molecule is CCOc1cccc(NC(=O)CSc2nc(-c3ccc(OC)cc3)cc(-c3cccs3)c2C#N)c1. The number of pyridine rings is 1. The van der Waals surface area contributed by atoms with Gasteiger partial charge in [0.1, 0.15) is 22.6 Å². The summed E-state index contributed by atoms with van der Waals surface area (Å²) in [4.78, 5) is 18.4. The van der Waals surface area contributed by atoms with E-state index in [9.17, 15) is 10.1 Å². The number of thioether (sulfide) groups is 1. The van der Waals surface area contributed by atoms with Crippen molar-refractivity contribution in [3.05, 3.63) is 77.7 Å². The van der Waals surface area contributed by atoms with E-state index in [-0.39, 0.29) is 11.7 Å². The summed E-state index contributed by atoms with van der Waals surface area (Å²) in [5.41, 5.74) is 3.53. The molecule has 8 heteroatoms. The van der Waals surface area contributed by atoms with Gasteiger partial charge in [0, 0.05) is 27.8 Å². The van der Waals surface area contributed by atoms with E-state index in [1.165, 1.54) is 11.8 Å². The highest BCUT2D eigenvalue weighted by atomic mass is 32.2. The maximum Gasteiger partial charge on any atom is 0.234 e. The van der Waals surface area contributed by atoms with Gasteiger partial charge in [0.2, 0.25) is 5.91 Å². The van der Waals surface area contributed by atoms with Gasteiger partial charge >= 0.3 is 0 Å². The lowest BCUT2D eigenvalue weighted by Crippen LogP contribution is -2.14. The third-order valence-corrected chi connectivity index (χ3v) is 6.92. The molecule has 4 rings (SSSR count). The van der Waals surface area contributed by atoms with Crippen LogP contribution < -0.4 is 14.8 Å². The minimum Gasteiger partial charge on any atom is -0.497 e. The Morgan fingerprint density at radius 2 is 1.94 bits per heavy atom. The lowest BCUT2D eigenvalue weighted by Gasteiger charge is -2.12. The molecule has 2 aromatic heterocycles. The summed E-state index contributed by atoms with van der Waals surface area (Å²) in [5.74, 6) is 1.36. The van der Waals surface area contributed by atoms with Crippen molar-refractivity contribution in [3.8, 4) is 39.3 Å². The highest BCUT2D eigenvalue weighted by Crippen LogP contribution is 2.36. The maximum atomic E-state index is 12.7. The van der Waals surface area contributed by atoms with Crippen molar-refractivity contribution in [2.24, 2.45) is 0 Å². The van der Waals surface area contributed by atoms with Crippen molar-refractivity contribution in [3.63, 3.8) is 0 Å². The molecule has 0 bridgehead atoms. The normalized spacial score (nSPS) is 10.4. The summed E-state index contributed by atoms with van der Waals surface area (Å²) in [7, 11) is 1.62. The van der Waals surface area contributed by atoms with Crippen LogP contribution in [0.4, 0.5) is 5.69 Å². The molecule has 4 aromatic rings. The Balaban J connectivity index is 1.61. The van der Waals surface area contributed by atoms with E-state index in [0.717, 1.165) is 27.4 Å². The highest BCUT2D eigenvalue weighted by Gasteiger charge is 2.18. The first-order chi connectivity index (χ1) is 17.1. The minimum atomic E-state index is -0.193. The third-order valence-electron chi connectivity index (χ3n) is 5.04. The number of ether oxygens (including phenoxy) is 2. The second kappa shape index (κ2) is 11.6. The zero-order chi connectivity index (χ0) is 24.6. The first-order valence-electron chi connectivity index (χ1n) is 10.9. The molecule has 0 aliphatic rings. The molecule has 0 saturated heterocycles. The summed E-state index contributed by atoms with van der Waals surface area (Å²) >= 11 is 2.80. The minimum absolute atomic E-state index is 0.108. The largest absolute Gasteiger partial charge is 0.497 e. The van der Waals surface area contributed by atoms with Crippen LogP contribution in [0.2, 0.25) is 0 Å². The molecule has 0 saturated carbocycles. The molecule has 1 amide bonds. The Morgan fingerprint density at radius 1 is 1.11 bits per heavy atom. The number of nitrogens with zero attached hydrogens (tertiary/aromatic N) is 2. The number of carbonyl (C=O) groups excluding carboxylic acids is 1. The fourth-order valence-electron chi connectivity index (χ4n) is 3.43. The molecular weight excluding hydrogens is 478 g/mol. The van der Waals surface area contributed by atoms with Gasteiger partial charge in [-0.25, -0.2) is 4.98 Å². The van der Waals surface area contributed by atoms with Crippen LogP contribution >= 0.6 is 23.1 Å². The fraction of sp³-hybridized carbons (Fsp3) is 0.148. The molecule has 0 fully saturated rings. The summed E-state index contributed by atoms with van der Waals surface area (Å²) < 4.78 is 10.8. The summed E-state index contributed by atoms with van der Waals surface area (Å²) in [6.07, 6.45) is 0. The van der Waals surface area contributed by atoms with Crippen LogP contribution in [0.25, 0.3) is 21.7 Å². The van der Waals surface area contributed by atoms with Gasteiger partial charge in [-0.15, -0.1) is 11.3 Å². The van der Waals surface area contributed by atoms with Crippen LogP contribution in [-0.4, -0.2) is 30.4 Å². The van der Waals surface area contributed by atoms with E-state index in [4.69, 9.17) is 14.5 Å². The van der Waals surface area contributed by atoms with Crippen LogP contribution in [0.15, 0.2) is 77.1 Å². The van der Waals surface area contributed by atoms with Gasteiger partial charge in [-0.05, 0) is 60.8 Å². The Bertz CT molecular complexity index is 1350. The molecule has 0 aliphatic heterocycles. The van der Waals surface area contributed by atoms with Crippen LogP contribution in [0.1, 0.15) is 12.5 Å². The second-order valence-electron chi connectivity index (χ2n) is 7.35. The Kier molecular flexibility index (Phi) is 8.03. The molecule has 0 unspecified atom stereocenters. The van der Waals surface area contributed by atoms with E-state index in [0.29, 0.717) is 28.6 Å². The second-order valence-corrected chi connectivity index (χ2v) is 9.26. The van der Waals surface area contributed by atoms with Crippen LogP contribution in [-0.2, 0) is 4.79 Å². The maximum absolute atomic E-state index is 12.7. The van der Waals surface area contributed by atoms with Crippen LogP contribution in [0, 0.1) is 11.3 Å². The number of aromatic nitrogens is 1. The third kappa shape index (κ3) is 6.01. The van der Waals surface area contributed by atoms with Gasteiger partial charge in [0.05, 0.1) is 30.7 Å². The molecule has 6 nitrogen and oxygen atoms in total. The van der Waals surface area contributed by atoms with Gasteiger partial charge in [0.25, 0.3) is 0 Å². The predicted octanol–water partition coefficient (Wildman–Crippen LogP) is 6.49. The first-order valence-corrected chi connectivity index (χ1v) is 12.8. The number of amides is 1. The molecule has 2 heterocycles. The standard InChI is InChI=1S/C27H23N3O3S2/c1-3-33-21-7-4-6-19(14-21)29-26(31)17-35-27-23(16-28)22(25-8-5-13-34-25)15-24(30-27)18-9-11-20(32-2)12-10-18/h4-15H,3,17H2,1-2H3,(H,29,31). The molecule has 176 valence electrons. The van der Waals surface area contributed by atoms with Crippen LogP contribution in [0.3, 0.4) is 0 Å². The number of carbonyl (C=O) groups is 1. The van der Waals surface area contributed by atoms with E-state index in [1.54, 1.807) is 24.5 Å². The average Bonchev–Trinajstić information content (AvgIpc) is 3.42. The van der Waals surface area contributed by atoms with Gasteiger partial charge in [-0.1, -0.05) is 23.9 Å². The summed E-state index contributed by atoms with van der Waals surface area (Å²) in [6.45, 7) is 2.46. The number of hydrogen-bond acceptors (Lipinski definition) is 7. The predicted molar refractivity (Wildman–Crippen MR) is 141 cm³/mol. The van der Waals surface area contributed by atoms with Gasteiger partial charge in [-0.2, -0.15) is 5.26 Å². The molecule has 0 spiro atoms. The molecule has 0 radical (unpaired) electrons. The number of hydrogen-bond donors (Lipinski definition) is 1. The number of benzene rings is 2. The number of thiophene rings is 1. The molecule has 1 N–H and O–H groups in total. The van der Waals surface area contributed by atoms with E-state index >= 15 is 0 Å². The highest BCUT2D eigenvalue weighted by molar-refractivity contribution is 8.00. The first kappa shape index (κ1) is 24.3. The molecule has 0 atom stereocenters. The Labute approximate surface area is 212 Å². The molecule has 35 heavy (non-hydrogen) atoms. The zero-order valence-electron chi connectivity index (χ0n) is 19.3. The van der Waals surface area contributed by atoms with Crippen molar-refractivity contribution < 1.29 is 14.3 Å². The molecular formula is C27H23N3O3S2. The van der Waals surface area contributed by atoms with Gasteiger partial charge in [0.15, 0.2) is 0 Å². The number of anilines is 1. The van der Waals surface area contributed by atoms with Gasteiger partial charge in [-0.3, -0.25) is 4.79 Å². The van der Waals surface area contributed by atoms with E-state index in [1.807, 2.05) is 73.0 Å². The quantitative estimate of drug-likeness (QED) is 0.264. The smallest absolute Gasteiger partial charge is 0.234 e. The van der Waals surface area contributed by atoms with Gasteiger partial charge < -0.3 is 14.8 Å². The van der Waals surface area contributed by atoms with E-state index < -0.39 is 0 Å². The molecule has 2 aromatic carbocycles. The number of nitriles is 1.